The van der Waals surface area contributed by atoms with Crippen molar-refractivity contribution in [3.05, 3.63) is 0 Å². The Morgan fingerprint density at radius 3 is 2.73 bits per heavy atom. The Morgan fingerprint density at radius 1 is 1.67 bits per heavy atom. The van der Waals surface area contributed by atoms with Crippen molar-refractivity contribution in [3.8, 4) is 0 Å². The molecule has 4 heteroatoms. The van der Waals surface area contributed by atoms with E-state index in [-0.39, 0.29) is 18.1 Å². The fraction of sp³-hybridized carbons (Fsp3) is 0.909. The minimum absolute atomic E-state index is 0.0582. The second-order valence-corrected chi connectivity index (χ2v) is 4.89. The van der Waals surface area contributed by atoms with Gasteiger partial charge in [0.15, 0.2) is 0 Å². The van der Waals surface area contributed by atoms with E-state index in [1.807, 2.05) is 0 Å². The zero-order valence-corrected chi connectivity index (χ0v) is 10.1. The fourth-order valence-corrected chi connectivity index (χ4v) is 2.33. The first-order valence-electron chi connectivity index (χ1n) is 5.61. The summed E-state index contributed by atoms with van der Waals surface area (Å²) in [5, 5.41) is 12.1. The summed E-state index contributed by atoms with van der Waals surface area (Å²) in [6.07, 6.45) is 0.979. The van der Waals surface area contributed by atoms with Crippen LogP contribution < -0.4 is 5.32 Å². The van der Waals surface area contributed by atoms with Gasteiger partial charge in [-0.3, -0.25) is 9.69 Å². The molecular weight excluding hydrogens is 192 g/mol. The topological polar surface area (TPSA) is 52.6 Å². The van der Waals surface area contributed by atoms with Crippen LogP contribution in [0, 0.1) is 0 Å². The number of carbonyl (C=O) groups is 1. The number of aliphatic hydroxyl groups is 1. The van der Waals surface area contributed by atoms with Gasteiger partial charge in [-0.2, -0.15) is 0 Å². The maximum atomic E-state index is 11.6. The van der Waals surface area contributed by atoms with Crippen LogP contribution in [0.25, 0.3) is 0 Å². The lowest BCUT2D eigenvalue weighted by Gasteiger charge is -2.49. The Bertz CT molecular complexity index is 241. The summed E-state index contributed by atoms with van der Waals surface area (Å²) >= 11 is 0. The predicted octanol–water partition coefficient (Wildman–Crippen LogP) is 0.356. The quantitative estimate of drug-likeness (QED) is 0.713. The van der Waals surface area contributed by atoms with E-state index < -0.39 is 6.04 Å². The molecule has 2 atom stereocenters. The molecule has 1 aliphatic heterocycles. The van der Waals surface area contributed by atoms with Crippen LogP contribution in [-0.2, 0) is 4.79 Å². The van der Waals surface area contributed by atoms with Gasteiger partial charge in [0, 0.05) is 18.1 Å². The van der Waals surface area contributed by atoms with Gasteiger partial charge in [-0.25, -0.2) is 0 Å². The maximum absolute atomic E-state index is 11.6. The molecule has 0 radical (unpaired) electrons. The molecule has 1 amide bonds. The molecule has 88 valence electrons. The molecule has 0 spiro atoms. The minimum atomic E-state index is -0.399. The van der Waals surface area contributed by atoms with Crippen molar-refractivity contribution in [1.82, 2.24) is 10.2 Å². The van der Waals surface area contributed by atoms with Gasteiger partial charge in [0.25, 0.3) is 0 Å². The standard InChI is InChI=1S/C11H22N2O2/c1-5-8(2)13-9(6-14)10(15)12-7-11(13,3)4/h8-9,14H,5-7H2,1-4H3,(H,12,15). The SMILES string of the molecule is CCC(C)N1C(CO)C(=O)NCC1(C)C. The number of rotatable bonds is 3. The summed E-state index contributed by atoms with van der Waals surface area (Å²) in [4.78, 5) is 13.8. The van der Waals surface area contributed by atoms with Crippen molar-refractivity contribution in [1.29, 1.82) is 0 Å². The lowest BCUT2D eigenvalue weighted by atomic mass is 9.93. The summed E-state index contributed by atoms with van der Waals surface area (Å²) in [5.74, 6) is -0.0582. The van der Waals surface area contributed by atoms with Gasteiger partial charge in [0.1, 0.15) is 6.04 Å². The van der Waals surface area contributed by atoms with Gasteiger partial charge in [0.2, 0.25) is 5.91 Å². The lowest BCUT2D eigenvalue weighted by Crippen LogP contribution is -2.68. The third-order valence-electron chi connectivity index (χ3n) is 3.27. The summed E-state index contributed by atoms with van der Waals surface area (Å²) in [5.41, 5.74) is -0.0866. The van der Waals surface area contributed by atoms with Gasteiger partial charge in [-0.15, -0.1) is 0 Å². The highest BCUT2D eigenvalue weighted by molar-refractivity contribution is 5.83. The third kappa shape index (κ3) is 2.32. The van der Waals surface area contributed by atoms with Crippen LogP contribution in [0.4, 0.5) is 0 Å². The van der Waals surface area contributed by atoms with Crippen molar-refractivity contribution in [2.75, 3.05) is 13.2 Å². The minimum Gasteiger partial charge on any atom is -0.394 e. The zero-order chi connectivity index (χ0) is 11.6. The van der Waals surface area contributed by atoms with Gasteiger partial charge in [-0.05, 0) is 27.2 Å². The Labute approximate surface area is 91.6 Å². The summed E-state index contributed by atoms with van der Waals surface area (Å²) in [6, 6.07) is -0.0908. The van der Waals surface area contributed by atoms with Crippen molar-refractivity contribution < 1.29 is 9.90 Å². The molecule has 1 aliphatic rings. The van der Waals surface area contributed by atoms with E-state index in [0.29, 0.717) is 12.6 Å². The Hall–Kier alpha value is -0.610. The van der Waals surface area contributed by atoms with Crippen molar-refractivity contribution in [2.24, 2.45) is 0 Å². The number of hydrogen-bond donors (Lipinski definition) is 2. The molecule has 0 aliphatic carbocycles. The van der Waals surface area contributed by atoms with Crippen LogP contribution in [0.5, 0.6) is 0 Å². The first-order chi connectivity index (χ1) is 6.94. The van der Waals surface area contributed by atoms with Crippen molar-refractivity contribution in [3.63, 3.8) is 0 Å². The van der Waals surface area contributed by atoms with Crippen LogP contribution in [0.15, 0.2) is 0 Å². The highest BCUT2D eigenvalue weighted by Gasteiger charge is 2.42. The number of hydrogen-bond acceptors (Lipinski definition) is 3. The fourth-order valence-electron chi connectivity index (χ4n) is 2.33. The van der Waals surface area contributed by atoms with Crippen LogP contribution in [0.2, 0.25) is 0 Å². The Morgan fingerprint density at radius 2 is 2.27 bits per heavy atom. The molecule has 0 aromatic heterocycles. The van der Waals surface area contributed by atoms with Crippen molar-refractivity contribution >= 4 is 5.91 Å². The number of piperazine rings is 1. The normalized spacial score (nSPS) is 28.6. The molecule has 0 aromatic carbocycles. The molecule has 1 rings (SSSR count). The third-order valence-corrected chi connectivity index (χ3v) is 3.27. The highest BCUT2D eigenvalue weighted by atomic mass is 16.3. The molecule has 15 heavy (non-hydrogen) atoms. The molecule has 4 nitrogen and oxygen atoms in total. The lowest BCUT2D eigenvalue weighted by molar-refractivity contribution is -0.139. The number of nitrogens with one attached hydrogen (secondary N) is 1. The second kappa shape index (κ2) is 4.49. The van der Waals surface area contributed by atoms with Crippen LogP contribution in [-0.4, -0.2) is 46.7 Å². The highest BCUT2D eigenvalue weighted by Crippen LogP contribution is 2.25. The van der Waals surface area contributed by atoms with Gasteiger partial charge >= 0.3 is 0 Å². The molecular formula is C11H22N2O2. The van der Waals surface area contributed by atoms with Gasteiger partial charge < -0.3 is 10.4 Å². The smallest absolute Gasteiger partial charge is 0.239 e. The first kappa shape index (κ1) is 12.5. The molecule has 0 saturated carbocycles. The monoisotopic (exact) mass is 214 g/mol. The number of nitrogens with zero attached hydrogens (tertiary/aromatic N) is 1. The van der Waals surface area contributed by atoms with E-state index in [2.05, 4.69) is 37.9 Å². The van der Waals surface area contributed by atoms with Crippen LogP contribution in [0.1, 0.15) is 34.1 Å². The molecule has 2 N–H and O–H groups in total. The van der Waals surface area contributed by atoms with Crippen LogP contribution >= 0.6 is 0 Å². The summed E-state index contributed by atoms with van der Waals surface area (Å²) in [7, 11) is 0. The summed E-state index contributed by atoms with van der Waals surface area (Å²) in [6.45, 7) is 8.93. The molecule has 0 bridgehead atoms. The van der Waals surface area contributed by atoms with E-state index in [9.17, 15) is 9.90 Å². The molecule has 1 fully saturated rings. The largest absolute Gasteiger partial charge is 0.394 e. The van der Waals surface area contributed by atoms with E-state index in [4.69, 9.17) is 0 Å². The average Bonchev–Trinajstić information content (AvgIpc) is 2.20. The predicted molar refractivity (Wildman–Crippen MR) is 59.6 cm³/mol. The van der Waals surface area contributed by atoms with Crippen LogP contribution in [0.3, 0.4) is 0 Å². The van der Waals surface area contributed by atoms with E-state index >= 15 is 0 Å². The van der Waals surface area contributed by atoms with Gasteiger partial charge in [0.05, 0.1) is 6.61 Å². The second-order valence-electron chi connectivity index (χ2n) is 4.89. The Balaban J connectivity index is 2.94. The summed E-state index contributed by atoms with van der Waals surface area (Å²) < 4.78 is 0. The van der Waals surface area contributed by atoms with E-state index in [0.717, 1.165) is 6.42 Å². The van der Waals surface area contributed by atoms with E-state index in [1.165, 1.54) is 0 Å². The average molecular weight is 214 g/mol. The molecule has 1 saturated heterocycles. The number of carbonyl (C=O) groups excluding carboxylic acids is 1. The number of amides is 1. The zero-order valence-electron chi connectivity index (χ0n) is 10.1. The van der Waals surface area contributed by atoms with Gasteiger partial charge in [-0.1, -0.05) is 6.92 Å². The maximum Gasteiger partial charge on any atom is 0.239 e. The molecule has 2 unspecified atom stereocenters. The van der Waals surface area contributed by atoms with Crippen molar-refractivity contribution in [2.45, 2.75) is 51.7 Å². The molecule has 0 aromatic rings. The first-order valence-corrected chi connectivity index (χ1v) is 5.61. The number of aliphatic hydroxyl groups excluding tert-OH is 1. The van der Waals surface area contributed by atoms with E-state index in [1.54, 1.807) is 0 Å². The molecule has 1 heterocycles. The Kier molecular flexibility index (Phi) is 3.73.